The van der Waals surface area contributed by atoms with Gasteiger partial charge in [0.05, 0.1) is 23.3 Å². The minimum Gasteiger partial charge on any atom is -0.466 e. The molecule has 2 heterocycles. The number of hydrogen-bond acceptors (Lipinski definition) is 5. The van der Waals surface area contributed by atoms with E-state index in [4.69, 9.17) is 4.42 Å². The van der Waals surface area contributed by atoms with Crippen LogP contribution in [0.4, 0.5) is 0 Å². The molecule has 0 saturated carbocycles. The van der Waals surface area contributed by atoms with E-state index in [9.17, 15) is 13.5 Å². The number of aliphatic hydroxyl groups is 1. The van der Waals surface area contributed by atoms with Crippen LogP contribution in [0.1, 0.15) is 26.5 Å². The minimum absolute atomic E-state index is 0. The predicted octanol–water partition coefficient (Wildman–Crippen LogP) is 1.19. The standard InChI is InChI=1S/C15H25N3O4S.HI/c1-14(2)11-18(7-9-23(14,20)21)13(16-4)17-10-15(3,19)12-6-5-8-22-12;/h5-6,8,19H,7,9-11H2,1-4H3,(H,16,17);1H. The molecule has 2 rings (SSSR count). The molecule has 0 aromatic carbocycles. The predicted molar refractivity (Wildman–Crippen MR) is 104 cm³/mol. The van der Waals surface area contributed by atoms with Crippen molar-refractivity contribution in [3.05, 3.63) is 24.2 Å². The summed E-state index contributed by atoms with van der Waals surface area (Å²) in [5, 5.41) is 13.6. The van der Waals surface area contributed by atoms with Gasteiger partial charge in [0, 0.05) is 20.1 Å². The maximum absolute atomic E-state index is 12.1. The van der Waals surface area contributed by atoms with Gasteiger partial charge < -0.3 is 19.7 Å². The summed E-state index contributed by atoms with van der Waals surface area (Å²) in [6.45, 7) is 6.04. The average molecular weight is 471 g/mol. The van der Waals surface area contributed by atoms with Crippen LogP contribution in [0.25, 0.3) is 0 Å². The Hall–Kier alpha value is -0.810. The highest BCUT2D eigenvalue weighted by atomic mass is 127. The van der Waals surface area contributed by atoms with Gasteiger partial charge in [-0.05, 0) is 32.9 Å². The molecule has 1 aromatic rings. The molecule has 2 N–H and O–H groups in total. The summed E-state index contributed by atoms with van der Waals surface area (Å²) >= 11 is 0. The van der Waals surface area contributed by atoms with E-state index >= 15 is 0 Å². The van der Waals surface area contributed by atoms with Crippen LogP contribution in [0.3, 0.4) is 0 Å². The Kier molecular flexibility index (Phi) is 6.73. The van der Waals surface area contributed by atoms with Crippen LogP contribution in [0.15, 0.2) is 27.8 Å². The monoisotopic (exact) mass is 471 g/mol. The fourth-order valence-corrected chi connectivity index (χ4v) is 3.95. The van der Waals surface area contributed by atoms with Crippen LogP contribution in [0.2, 0.25) is 0 Å². The molecule has 1 aromatic heterocycles. The van der Waals surface area contributed by atoms with E-state index < -0.39 is 20.2 Å². The lowest BCUT2D eigenvalue weighted by Crippen LogP contribution is -2.58. The lowest BCUT2D eigenvalue weighted by molar-refractivity contribution is 0.0379. The van der Waals surface area contributed by atoms with Crippen molar-refractivity contribution in [2.24, 2.45) is 4.99 Å². The van der Waals surface area contributed by atoms with Crippen LogP contribution >= 0.6 is 24.0 Å². The second kappa shape index (κ2) is 7.61. The van der Waals surface area contributed by atoms with Crippen molar-refractivity contribution < 1.29 is 17.9 Å². The van der Waals surface area contributed by atoms with Gasteiger partial charge in [0.15, 0.2) is 15.8 Å². The van der Waals surface area contributed by atoms with Gasteiger partial charge in [0.2, 0.25) is 0 Å². The Labute approximate surface area is 160 Å². The molecule has 9 heteroatoms. The number of nitrogens with one attached hydrogen (secondary N) is 1. The van der Waals surface area contributed by atoms with Crippen molar-refractivity contribution in [1.82, 2.24) is 10.2 Å². The van der Waals surface area contributed by atoms with Gasteiger partial charge >= 0.3 is 0 Å². The molecule has 138 valence electrons. The topological polar surface area (TPSA) is 95.1 Å². The van der Waals surface area contributed by atoms with Crippen LogP contribution in [0, 0.1) is 0 Å². The average Bonchev–Trinajstić information content (AvgIpc) is 2.98. The molecule has 1 saturated heterocycles. The summed E-state index contributed by atoms with van der Waals surface area (Å²) < 4.78 is 28.6. The van der Waals surface area contributed by atoms with Crippen LogP contribution in [-0.4, -0.2) is 61.6 Å². The third-order valence-corrected chi connectivity index (χ3v) is 6.73. The Morgan fingerprint density at radius 3 is 2.71 bits per heavy atom. The quantitative estimate of drug-likeness (QED) is 0.391. The van der Waals surface area contributed by atoms with Gasteiger partial charge in [-0.3, -0.25) is 4.99 Å². The molecule has 0 spiro atoms. The van der Waals surface area contributed by atoms with Crippen molar-refractivity contribution in [1.29, 1.82) is 0 Å². The zero-order valence-electron chi connectivity index (χ0n) is 14.4. The van der Waals surface area contributed by atoms with Gasteiger partial charge in [-0.1, -0.05) is 0 Å². The third kappa shape index (κ3) is 4.42. The lowest BCUT2D eigenvalue weighted by Gasteiger charge is -2.39. The number of guanidine groups is 1. The normalized spacial score (nSPS) is 22.4. The van der Waals surface area contributed by atoms with Crippen LogP contribution < -0.4 is 5.32 Å². The smallest absolute Gasteiger partial charge is 0.193 e. The van der Waals surface area contributed by atoms with Gasteiger partial charge in [0.25, 0.3) is 0 Å². The van der Waals surface area contributed by atoms with E-state index in [0.717, 1.165) is 0 Å². The molecular formula is C15H26IN3O4S. The summed E-state index contributed by atoms with van der Waals surface area (Å²) in [6.07, 6.45) is 1.51. The summed E-state index contributed by atoms with van der Waals surface area (Å²) in [7, 11) is -1.46. The number of aliphatic imine (C=N–C) groups is 1. The highest BCUT2D eigenvalue weighted by molar-refractivity contribution is 14.0. The lowest BCUT2D eigenvalue weighted by atomic mass is 10.0. The second-order valence-corrected chi connectivity index (χ2v) is 9.39. The van der Waals surface area contributed by atoms with E-state index in [1.807, 2.05) is 4.90 Å². The molecule has 1 fully saturated rings. The first-order valence-electron chi connectivity index (χ1n) is 7.53. The minimum atomic E-state index is -3.10. The highest BCUT2D eigenvalue weighted by Crippen LogP contribution is 2.24. The van der Waals surface area contributed by atoms with Gasteiger partial charge in [-0.2, -0.15) is 0 Å². The zero-order chi connectivity index (χ0) is 17.3. The Balaban J connectivity index is 0.00000288. The van der Waals surface area contributed by atoms with E-state index in [2.05, 4.69) is 10.3 Å². The maximum atomic E-state index is 12.1. The Bertz CT molecular complexity index is 669. The molecule has 0 aliphatic carbocycles. The molecule has 1 unspecified atom stereocenters. The molecule has 1 atom stereocenters. The molecule has 0 radical (unpaired) electrons. The molecule has 1 aliphatic rings. The van der Waals surface area contributed by atoms with Crippen molar-refractivity contribution in [3.63, 3.8) is 0 Å². The SMILES string of the molecule is CN=C(NCC(C)(O)c1ccco1)N1CCS(=O)(=O)C(C)(C)C1.I. The van der Waals surface area contributed by atoms with Gasteiger partial charge in [-0.25, -0.2) is 8.42 Å². The first kappa shape index (κ1) is 21.2. The van der Waals surface area contributed by atoms with Crippen molar-refractivity contribution >= 4 is 39.8 Å². The largest absolute Gasteiger partial charge is 0.466 e. The first-order valence-corrected chi connectivity index (χ1v) is 9.18. The molecule has 1 aliphatic heterocycles. The summed E-state index contributed by atoms with van der Waals surface area (Å²) in [6, 6.07) is 3.43. The number of halogens is 1. The number of furan rings is 1. The van der Waals surface area contributed by atoms with E-state index in [1.54, 1.807) is 40.0 Å². The Morgan fingerprint density at radius 2 is 2.21 bits per heavy atom. The van der Waals surface area contributed by atoms with E-state index in [1.165, 1.54) is 6.26 Å². The number of nitrogens with zero attached hydrogens (tertiary/aromatic N) is 2. The van der Waals surface area contributed by atoms with Crippen LogP contribution in [-0.2, 0) is 15.4 Å². The van der Waals surface area contributed by atoms with Crippen molar-refractivity contribution in [2.75, 3.05) is 32.4 Å². The van der Waals surface area contributed by atoms with Crippen LogP contribution in [0.5, 0.6) is 0 Å². The molecule has 0 amide bonds. The van der Waals surface area contributed by atoms with Crippen molar-refractivity contribution in [2.45, 2.75) is 31.1 Å². The molecule has 7 nitrogen and oxygen atoms in total. The number of hydrogen-bond donors (Lipinski definition) is 2. The first-order chi connectivity index (χ1) is 10.6. The van der Waals surface area contributed by atoms with Gasteiger partial charge in [-0.15, -0.1) is 24.0 Å². The number of sulfone groups is 1. The maximum Gasteiger partial charge on any atom is 0.193 e. The van der Waals surface area contributed by atoms with E-state index in [0.29, 0.717) is 24.8 Å². The van der Waals surface area contributed by atoms with Gasteiger partial charge in [0.1, 0.15) is 11.4 Å². The zero-order valence-corrected chi connectivity index (χ0v) is 17.6. The molecule has 24 heavy (non-hydrogen) atoms. The fourth-order valence-electron chi connectivity index (χ4n) is 2.58. The third-order valence-electron chi connectivity index (χ3n) is 4.20. The summed E-state index contributed by atoms with van der Waals surface area (Å²) in [5.41, 5.74) is -1.18. The number of rotatable bonds is 3. The molecule has 0 bridgehead atoms. The van der Waals surface area contributed by atoms with E-state index in [-0.39, 0.29) is 36.3 Å². The molecular weight excluding hydrogens is 445 g/mol. The highest BCUT2D eigenvalue weighted by Gasteiger charge is 2.41. The second-order valence-electron chi connectivity index (χ2n) is 6.65. The fraction of sp³-hybridized carbons (Fsp3) is 0.667. The summed E-state index contributed by atoms with van der Waals surface area (Å²) in [4.78, 5) is 6.11. The summed E-state index contributed by atoms with van der Waals surface area (Å²) in [5.74, 6) is 1.12. The Morgan fingerprint density at radius 1 is 1.54 bits per heavy atom. The van der Waals surface area contributed by atoms with Crippen molar-refractivity contribution in [3.8, 4) is 0 Å².